The van der Waals surface area contributed by atoms with Crippen molar-refractivity contribution < 1.29 is 28.7 Å². The molecule has 33 heavy (non-hydrogen) atoms. The van der Waals surface area contributed by atoms with Crippen LogP contribution in [0.3, 0.4) is 0 Å². The number of rotatable bonds is 8. The van der Waals surface area contributed by atoms with Crippen LogP contribution in [-0.2, 0) is 23.8 Å². The van der Waals surface area contributed by atoms with E-state index in [4.69, 9.17) is 14.2 Å². The van der Waals surface area contributed by atoms with Crippen LogP contribution in [0, 0.1) is 17.0 Å². The minimum atomic E-state index is -0.942. The molecule has 2 rings (SSSR count). The van der Waals surface area contributed by atoms with Crippen molar-refractivity contribution in [1.29, 1.82) is 0 Å². The van der Waals surface area contributed by atoms with Crippen molar-refractivity contribution in [2.45, 2.75) is 65.9 Å². The molecule has 0 fully saturated rings. The number of ether oxygens (including phenoxy) is 3. The van der Waals surface area contributed by atoms with Gasteiger partial charge in [0.1, 0.15) is 6.23 Å². The van der Waals surface area contributed by atoms with E-state index in [0.717, 1.165) is 0 Å². The zero-order valence-corrected chi connectivity index (χ0v) is 20.1. The van der Waals surface area contributed by atoms with Gasteiger partial charge in [-0.25, -0.2) is 9.59 Å². The van der Waals surface area contributed by atoms with Gasteiger partial charge in [0.15, 0.2) is 0 Å². The van der Waals surface area contributed by atoms with Crippen LogP contribution in [0.2, 0.25) is 0 Å². The molecular weight excluding hydrogens is 428 g/mol. The maximum atomic E-state index is 13.3. The Hall–Kier alpha value is -3.20. The first kappa shape index (κ1) is 26.1. The predicted molar refractivity (Wildman–Crippen MR) is 122 cm³/mol. The highest BCUT2D eigenvalue weighted by atomic mass is 16.6. The quantitative estimate of drug-likeness (QED) is 0.322. The van der Waals surface area contributed by atoms with Crippen molar-refractivity contribution in [1.82, 2.24) is 4.90 Å². The average Bonchev–Trinajstić information content (AvgIpc) is 2.71. The zero-order valence-electron chi connectivity index (χ0n) is 20.1. The third-order valence-corrected chi connectivity index (χ3v) is 5.18. The van der Waals surface area contributed by atoms with Gasteiger partial charge in [-0.15, -0.1) is 0 Å². The second kappa shape index (κ2) is 10.6. The summed E-state index contributed by atoms with van der Waals surface area (Å²) in [6, 6.07) is 5.85. The summed E-state index contributed by atoms with van der Waals surface area (Å²) in [6.45, 7) is 14.2. The number of esters is 2. The lowest BCUT2D eigenvalue weighted by Gasteiger charge is -2.40. The van der Waals surface area contributed by atoms with Crippen molar-refractivity contribution in [3.63, 3.8) is 0 Å². The third-order valence-electron chi connectivity index (χ3n) is 5.18. The number of nitro groups is 1. The molecule has 1 aromatic rings. The predicted octanol–water partition coefficient (Wildman–Crippen LogP) is 4.25. The largest absolute Gasteiger partial charge is 0.460 e. The minimum Gasteiger partial charge on any atom is -0.460 e. The van der Waals surface area contributed by atoms with Crippen LogP contribution >= 0.6 is 0 Å². The number of non-ortho nitro benzene ring substituents is 1. The Balaban J connectivity index is 2.87. The summed E-state index contributed by atoms with van der Waals surface area (Å²) in [5.41, 5.74) is 1.50. The second-order valence-electron chi connectivity index (χ2n) is 8.25. The van der Waals surface area contributed by atoms with E-state index < -0.39 is 41.2 Å². The van der Waals surface area contributed by atoms with E-state index >= 15 is 0 Å². The van der Waals surface area contributed by atoms with Crippen LogP contribution in [0.5, 0.6) is 0 Å². The molecular formula is C24H31N2O7. The number of carbonyl (C=O) groups is 2. The molecule has 179 valence electrons. The Labute approximate surface area is 194 Å². The maximum Gasteiger partial charge on any atom is 0.337 e. The Bertz CT molecular complexity index is 948. The number of methoxy groups -OCH3 is 1. The van der Waals surface area contributed by atoms with Gasteiger partial charge < -0.3 is 19.1 Å². The summed E-state index contributed by atoms with van der Waals surface area (Å²) in [6.07, 6.45) is -1.60. The summed E-state index contributed by atoms with van der Waals surface area (Å²) in [4.78, 5) is 39.1. The molecule has 1 aliphatic rings. The first-order chi connectivity index (χ1) is 15.4. The molecule has 0 saturated carbocycles. The highest BCUT2D eigenvalue weighted by Crippen LogP contribution is 2.44. The topological polar surface area (TPSA) is 108 Å². The fraction of sp³-hybridized carbons (Fsp3) is 0.458. The highest BCUT2D eigenvalue weighted by Gasteiger charge is 2.42. The molecule has 0 saturated heterocycles. The molecule has 1 aromatic carbocycles. The van der Waals surface area contributed by atoms with E-state index in [0.29, 0.717) is 17.0 Å². The monoisotopic (exact) mass is 459 g/mol. The first-order valence-corrected chi connectivity index (χ1v) is 10.6. The van der Waals surface area contributed by atoms with Crippen molar-refractivity contribution in [2.24, 2.45) is 0 Å². The summed E-state index contributed by atoms with van der Waals surface area (Å²) in [5.74, 6) is -2.23. The molecule has 0 spiro atoms. The second-order valence-corrected chi connectivity index (χ2v) is 8.25. The normalized spacial score (nSPS) is 15.9. The van der Waals surface area contributed by atoms with Crippen LogP contribution < -0.4 is 0 Å². The number of nitrogens with zero attached hydrogens (tertiary/aromatic N) is 2. The number of allylic oxidation sites excluding steroid dienone is 2. The summed E-state index contributed by atoms with van der Waals surface area (Å²) >= 11 is 0. The Morgan fingerprint density at radius 2 is 1.52 bits per heavy atom. The van der Waals surface area contributed by atoms with E-state index in [-0.39, 0.29) is 16.8 Å². The summed E-state index contributed by atoms with van der Waals surface area (Å²) in [5, 5.41) is 11.4. The van der Waals surface area contributed by atoms with E-state index in [1.54, 1.807) is 52.5 Å². The van der Waals surface area contributed by atoms with Crippen LogP contribution in [0.25, 0.3) is 0 Å². The Morgan fingerprint density at radius 3 is 1.91 bits per heavy atom. The molecule has 0 amide bonds. The maximum absolute atomic E-state index is 13.3. The molecule has 0 aromatic heterocycles. The van der Waals surface area contributed by atoms with Gasteiger partial charge in [0.25, 0.3) is 5.69 Å². The summed E-state index contributed by atoms with van der Waals surface area (Å²) in [7, 11) is 1.46. The zero-order chi connectivity index (χ0) is 25.0. The number of benzene rings is 1. The van der Waals surface area contributed by atoms with Crippen molar-refractivity contribution in [3.05, 3.63) is 69.4 Å². The third kappa shape index (κ3) is 5.60. The lowest BCUT2D eigenvalue weighted by atomic mass is 9.79. The highest BCUT2D eigenvalue weighted by molar-refractivity contribution is 6.00. The molecule has 9 nitrogen and oxygen atoms in total. The van der Waals surface area contributed by atoms with E-state index in [1.807, 2.05) is 0 Å². The smallest absolute Gasteiger partial charge is 0.337 e. The van der Waals surface area contributed by atoms with Gasteiger partial charge in [0.05, 0.1) is 34.2 Å². The lowest BCUT2D eigenvalue weighted by Crippen LogP contribution is -2.40. The molecule has 1 unspecified atom stereocenters. The van der Waals surface area contributed by atoms with Crippen molar-refractivity contribution in [3.8, 4) is 0 Å². The molecule has 0 bridgehead atoms. The van der Waals surface area contributed by atoms with Gasteiger partial charge in [-0.1, -0.05) is 12.1 Å². The molecule has 1 aliphatic heterocycles. The standard InChI is InChI=1S/C24H31N2O7/c1-13(2)32-23(27)20-15(5)25(17(7)31-8)16(6)21(24(28)33-14(3)4)22(20)18-10-9-11-19(12-18)26(29)30/h9-14,17,22H,7H2,1-6,8H3. The van der Waals surface area contributed by atoms with Gasteiger partial charge in [-0.2, -0.15) is 0 Å². The number of carbonyl (C=O) groups excluding carboxylic acids is 2. The fourth-order valence-corrected chi connectivity index (χ4v) is 3.85. The number of hydrogen-bond donors (Lipinski definition) is 0. The van der Waals surface area contributed by atoms with Gasteiger partial charge in [0, 0.05) is 30.6 Å². The molecule has 1 atom stereocenters. The average molecular weight is 460 g/mol. The SMILES string of the molecule is [CH2]C(OC)N1C(C)=C(C(=O)OC(C)C)C(c2cccc([N+](=O)[O-])c2)C(C(=O)OC(C)C)=C1C. The van der Waals surface area contributed by atoms with E-state index in [1.165, 1.54) is 25.3 Å². The fourth-order valence-electron chi connectivity index (χ4n) is 3.85. The van der Waals surface area contributed by atoms with Crippen LogP contribution in [-0.4, -0.2) is 47.3 Å². The van der Waals surface area contributed by atoms with Crippen LogP contribution in [0.15, 0.2) is 46.8 Å². The van der Waals surface area contributed by atoms with Crippen molar-refractivity contribution in [2.75, 3.05) is 7.11 Å². The minimum absolute atomic E-state index is 0.162. The Kier molecular flexibility index (Phi) is 8.38. The molecule has 0 N–H and O–H groups in total. The molecule has 9 heteroatoms. The lowest BCUT2D eigenvalue weighted by molar-refractivity contribution is -0.384. The molecule has 1 radical (unpaired) electrons. The van der Waals surface area contributed by atoms with Gasteiger partial charge in [-0.3, -0.25) is 10.1 Å². The van der Waals surface area contributed by atoms with Gasteiger partial charge in [0.2, 0.25) is 0 Å². The van der Waals surface area contributed by atoms with Gasteiger partial charge >= 0.3 is 11.9 Å². The van der Waals surface area contributed by atoms with Crippen LogP contribution in [0.4, 0.5) is 5.69 Å². The first-order valence-electron chi connectivity index (χ1n) is 10.6. The van der Waals surface area contributed by atoms with Crippen LogP contribution in [0.1, 0.15) is 53.0 Å². The summed E-state index contributed by atoms with van der Waals surface area (Å²) < 4.78 is 16.4. The number of nitro benzene ring substituents is 1. The number of hydrogen-bond acceptors (Lipinski definition) is 8. The van der Waals surface area contributed by atoms with E-state index in [9.17, 15) is 19.7 Å². The van der Waals surface area contributed by atoms with Crippen molar-refractivity contribution >= 4 is 17.6 Å². The molecule has 0 aliphatic carbocycles. The van der Waals surface area contributed by atoms with Gasteiger partial charge in [-0.05, 0) is 54.0 Å². The molecule has 1 heterocycles. The van der Waals surface area contributed by atoms with E-state index in [2.05, 4.69) is 6.92 Å². The Morgan fingerprint density at radius 1 is 1.03 bits per heavy atom.